The van der Waals surface area contributed by atoms with Crippen LogP contribution in [0.3, 0.4) is 0 Å². The highest BCUT2D eigenvalue weighted by molar-refractivity contribution is 5.64. The van der Waals surface area contributed by atoms with Crippen LogP contribution in [0.25, 0.3) is 0 Å². The van der Waals surface area contributed by atoms with E-state index < -0.39 is 11.8 Å². The Morgan fingerprint density at radius 2 is 1.98 bits per heavy atom. The Balaban J connectivity index is 1.15. The Morgan fingerprint density at radius 3 is 2.78 bits per heavy atom. The SMILES string of the molecule is CC1CCC2(Cc3nc(OCC45CCCN4CC(F)C5)nc(N4CC(C)(N5CCOCC5)C4)c3CO2)c2c1ccc(N)c2C#N. The van der Waals surface area contributed by atoms with Crippen LogP contribution in [0.15, 0.2) is 12.1 Å². The zero-order valence-corrected chi connectivity index (χ0v) is 26.5. The molecule has 1 aliphatic carbocycles. The number of hydrogen-bond donors (Lipinski definition) is 1. The third-order valence-corrected chi connectivity index (χ3v) is 11.7. The molecule has 0 bridgehead atoms. The summed E-state index contributed by atoms with van der Waals surface area (Å²) in [6.07, 6.45) is 3.92. The standard InChI is InChI=1S/C34H44FN7O3/c1-22-6-8-34(29-24(22)4-5-27(37)25(29)16-36)15-28-26(18-45-34)30(40-19-32(2,20-40)41-10-12-43-13-11-41)39-31(38-28)44-21-33-7-3-9-42(33)17-23(35)14-33/h4-5,22-23H,3,6-15,17-21,37H2,1-2H3. The lowest BCUT2D eigenvalue weighted by molar-refractivity contribution is -0.0875. The average Bonchev–Trinajstić information content (AvgIpc) is 3.56. The van der Waals surface area contributed by atoms with Crippen LogP contribution in [0.4, 0.5) is 15.9 Å². The number of alkyl halides is 1. The largest absolute Gasteiger partial charge is 0.461 e. The van der Waals surface area contributed by atoms with Gasteiger partial charge in [0.2, 0.25) is 0 Å². The summed E-state index contributed by atoms with van der Waals surface area (Å²) in [5, 5.41) is 10.2. The van der Waals surface area contributed by atoms with E-state index in [4.69, 9.17) is 29.9 Å². The summed E-state index contributed by atoms with van der Waals surface area (Å²) in [6, 6.07) is 6.66. The summed E-state index contributed by atoms with van der Waals surface area (Å²) < 4.78 is 33.5. The van der Waals surface area contributed by atoms with E-state index in [1.54, 1.807) is 0 Å². The second-order valence-corrected chi connectivity index (χ2v) is 14.6. The van der Waals surface area contributed by atoms with Crippen molar-refractivity contribution in [1.82, 2.24) is 19.8 Å². The van der Waals surface area contributed by atoms with Crippen LogP contribution in [0.1, 0.15) is 79.8 Å². The molecule has 1 aromatic heterocycles. The fourth-order valence-corrected chi connectivity index (χ4v) is 9.23. The number of halogens is 1. The van der Waals surface area contributed by atoms with Gasteiger partial charge < -0.3 is 24.8 Å². The quantitative estimate of drug-likeness (QED) is 0.499. The molecule has 0 saturated carbocycles. The second-order valence-electron chi connectivity index (χ2n) is 14.6. The van der Waals surface area contributed by atoms with Crippen LogP contribution in [0.2, 0.25) is 0 Å². The summed E-state index contributed by atoms with van der Waals surface area (Å²) in [4.78, 5) is 17.2. The van der Waals surface area contributed by atoms with E-state index >= 15 is 0 Å². The second kappa shape index (κ2) is 10.8. The van der Waals surface area contributed by atoms with E-state index in [9.17, 15) is 9.65 Å². The molecule has 2 N–H and O–H groups in total. The Kier molecular flexibility index (Phi) is 7.02. The third-order valence-electron chi connectivity index (χ3n) is 11.7. The molecule has 240 valence electrons. The predicted molar refractivity (Wildman–Crippen MR) is 167 cm³/mol. The lowest BCUT2D eigenvalue weighted by Crippen LogP contribution is -2.70. The maximum absolute atomic E-state index is 14.5. The van der Waals surface area contributed by atoms with Gasteiger partial charge >= 0.3 is 6.01 Å². The van der Waals surface area contributed by atoms with Crippen LogP contribution in [0, 0.1) is 11.3 Å². The number of nitrogen functional groups attached to an aromatic ring is 1. The summed E-state index contributed by atoms with van der Waals surface area (Å²) >= 11 is 0. The highest BCUT2D eigenvalue weighted by atomic mass is 19.1. The monoisotopic (exact) mass is 617 g/mol. The molecule has 11 heteroatoms. The first-order valence-electron chi connectivity index (χ1n) is 16.7. The van der Waals surface area contributed by atoms with Crippen LogP contribution in [-0.2, 0) is 28.1 Å². The molecule has 0 amide bonds. The zero-order valence-electron chi connectivity index (χ0n) is 26.5. The normalized spacial score (nSPS) is 32.4. The van der Waals surface area contributed by atoms with E-state index in [0.717, 1.165) is 99.8 Å². The van der Waals surface area contributed by atoms with Gasteiger partial charge in [0.05, 0.1) is 42.2 Å². The van der Waals surface area contributed by atoms with Gasteiger partial charge in [-0.15, -0.1) is 0 Å². The van der Waals surface area contributed by atoms with E-state index in [2.05, 4.69) is 40.7 Å². The zero-order chi connectivity index (χ0) is 31.0. The molecular weight excluding hydrogens is 573 g/mol. The predicted octanol–water partition coefficient (Wildman–Crippen LogP) is 3.66. The number of nitrogens with two attached hydrogens (primary N) is 1. The summed E-state index contributed by atoms with van der Waals surface area (Å²) in [7, 11) is 0. The van der Waals surface area contributed by atoms with E-state index in [0.29, 0.717) is 55.8 Å². The number of aromatic nitrogens is 2. The minimum atomic E-state index is -0.819. The minimum absolute atomic E-state index is 0.0420. The Hall–Kier alpha value is -3.04. The molecular formula is C34H44FN7O3. The van der Waals surface area contributed by atoms with Crippen LogP contribution in [-0.4, -0.2) is 96.1 Å². The van der Waals surface area contributed by atoms with Crippen molar-refractivity contribution in [2.24, 2.45) is 0 Å². The van der Waals surface area contributed by atoms with Crippen LogP contribution in [0.5, 0.6) is 6.01 Å². The molecule has 2 aromatic rings. The fraction of sp³-hybridized carbons (Fsp3) is 0.676. The van der Waals surface area contributed by atoms with Gasteiger partial charge in [0.15, 0.2) is 0 Å². The Morgan fingerprint density at radius 1 is 1.16 bits per heavy atom. The molecule has 6 aliphatic rings. The number of hydrogen-bond acceptors (Lipinski definition) is 10. The number of benzene rings is 1. The highest BCUT2D eigenvalue weighted by Gasteiger charge is 2.51. The van der Waals surface area contributed by atoms with Gasteiger partial charge in [-0.1, -0.05) is 13.0 Å². The molecule has 4 saturated heterocycles. The first-order chi connectivity index (χ1) is 21.7. The van der Waals surface area contributed by atoms with Gasteiger partial charge in [0.1, 0.15) is 30.3 Å². The maximum Gasteiger partial charge on any atom is 0.318 e. The van der Waals surface area contributed by atoms with Gasteiger partial charge in [0, 0.05) is 62.4 Å². The number of rotatable bonds is 5. The molecule has 1 aromatic carbocycles. The smallest absolute Gasteiger partial charge is 0.318 e. The number of fused-ring (bicyclic) bond motifs is 4. The number of anilines is 2. The molecule has 45 heavy (non-hydrogen) atoms. The van der Waals surface area contributed by atoms with E-state index in [1.165, 1.54) is 0 Å². The van der Waals surface area contributed by atoms with Crippen molar-refractivity contribution in [2.45, 2.75) is 87.7 Å². The Labute approximate surface area is 264 Å². The van der Waals surface area contributed by atoms with Crippen LogP contribution >= 0.6 is 0 Å². The molecule has 4 fully saturated rings. The van der Waals surface area contributed by atoms with Gasteiger partial charge in [-0.25, -0.2) is 4.39 Å². The minimum Gasteiger partial charge on any atom is -0.461 e. The molecule has 6 heterocycles. The molecule has 4 unspecified atom stereocenters. The molecule has 5 aliphatic heterocycles. The van der Waals surface area contributed by atoms with Crippen molar-refractivity contribution in [3.8, 4) is 12.1 Å². The fourth-order valence-electron chi connectivity index (χ4n) is 9.23. The Bertz CT molecular complexity index is 1540. The van der Waals surface area contributed by atoms with Gasteiger partial charge in [-0.05, 0) is 56.7 Å². The van der Waals surface area contributed by atoms with E-state index in [-0.39, 0.29) is 11.1 Å². The van der Waals surface area contributed by atoms with Crippen molar-refractivity contribution in [2.75, 3.05) is 69.7 Å². The number of morpholine rings is 1. The lowest BCUT2D eigenvalue weighted by atomic mass is 9.69. The number of nitrogens with zero attached hydrogens (tertiary/aromatic N) is 6. The molecule has 1 spiro atoms. The molecule has 4 atom stereocenters. The van der Waals surface area contributed by atoms with Crippen molar-refractivity contribution in [1.29, 1.82) is 5.26 Å². The molecule has 10 nitrogen and oxygen atoms in total. The number of ether oxygens (including phenoxy) is 3. The van der Waals surface area contributed by atoms with E-state index in [1.807, 2.05) is 6.07 Å². The summed E-state index contributed by atoms with van der Waals surface area (Å²) in [5.41, 5.74) is 10.4. The molecule has 0 radical (unpaired) electrons. The first-order valence-corrected chi connectivity index (χ1v) is 16.7. The first kappa shape index (κ1) is 29.4. The summed E-state index contributed by atoms with van der Waals surface area (Å²) in [6.45, 7) is 11.7. The topological polar surface area (TPSA) is 113 Å². The van der Waals surface area contributed by atoms with Crippen molar-refractivity contribution in [3.63, 3.8) is 0 Å². The highest BCUT2D eigenvalue weighted by Crippen LogP contribution is 2.51. The van der Waals surface area contributed by atoms with Gasteiger partial charge in [-0.2, -0.15) is 15.2 Å². The lowest BCUT2D eigenvalue weighted by Gasteiger charge is -2.56. The summed E-state index contributed by atoms with van der Waals surface area (Å²) in [5.74, 6) is 1.17. The molecule has 8 rings (SSSR count). The van der Waals surface area contributed by atoms with Gasteiger partial charge in [-0.3, -0.25) is 9.80 Å². The average molecular weight is 618 g/mol. The third kappa shape index (κ3) is 4.70. The maximum atomic E-state index is 14.5. The van der Waals surface area contributed by atoms with Crippen molar-refractivity contribution >= 4 is 11.5 Å². The van der Waals surface area contributed by atoms with Crippen molar-refractivity contribution in [3.05, 3.63) is 40.1 Å². The van der Waals surface area contributed by atoms with Crippen LogP contribution < -0.4 is 15.4 Å². The van der Waals surface area contributed by atoms with Gasteiger partial charge in [0.25, 0.3) is 0 Å². The number of nitriles is 1. The van der Waals surface area contributed by atoms with Crippen molar-refractivity contribution < 1.29 is 18.6 Å².